The Hall–Kier alpha value is -1.57. The monoisotopic (exact) mass is 278 g/mol. The number of ether oxygens (including phenoxy) is 3. The largest absolute Gasteiger partial charge is 0.455 e. The first-order chi connectivity index (χ1) is 8.79. The van der Waals surface area contributed by atoms with Crippen molar-refractivity contribution in [2.45, 2.75) is 37.0 Å². The molecule has 0 spiro atoms. The quantitative estimate of drug-likeness (QED) is 0.550. The van der Waals surface area contributed by atoms with Crippen molar-refractivity contribution in [2.24, 2.45) is 5.92 Å². The maximum absolute atomic E-state index is 12.3. The summed E-state index contributed by atoms with van der Waals surface area (Å²) >= 11 is 0. The summed E-state index contributed by atoms with van der Waals surface area (Å²) in [6.45, 7) is 2.66. The minimum atomic E-state index is -4.84. The van der Waals surface area contributed by atoms with E-state index < -0.39 is 54.0 Å². The third-order valence-electron chi connectivity index (χ3n) is 3.62. The van der Waals surface area contributed by atoms with Crippen LogP contribution in [0.25, 0.3) is 0 Å². The van der Waals surface area contributed by atoms with E-state index >= 15 is 0 Å². The normalized spacial score (nSPS) is 39.3. The van der Waals surface area contributed by atoms with Crippen molar-refractivity contribution in [1.29, 1.82) is 0 Å². The number of hydrogen-bond donors (Lipinski definition) is 0. The van der Waals surface area contributed by atoms with Crippen LogP contribution >= 0.6 is 0 Å². The van der Waals surface area contributed by atoms with Crippen LogP contribution in [-0.4, -0.2) is 42.5 Å². The van der Waals surface area contributed by atoms with Gasteiger partial charge in [0, 0.05) is 0 Å². The number of fused-ring (bicyclic) bond motifs is 1. The van der Waals surface area contributed by atoms with E-state index in [4.69, 9.17) is 14.2 Å². The van der Waals surface area contributed by atoms with Crippen LogP contribution in [0.2, 0.25) is 0 Å². The maximum Gasteiger partial charge on any atom is 0.422 e. The molecule has 104 valence electrons. The van der Waals surface area contributed by atoms with Crippen LogP contribution < -0.4 is 0 Å². The van der Waals surface area contributed by atoms with Gasteiger partial charge in [-0.3, -0.25) is 4.79 Å². The molecule has 3 fully saturated rings. The van der Waals surface area contributed by atoms with Crippen molar-refractivity contribution in [3.63, 3.8) is 0 Å². The Balaban J connectivity index is 1.71. The van der Waals surface area contributed by atoms with Gasteiger partial charge in [-0.05, 0) is 6.42 Å². The van der Waals surface area contributed by atoms with E-state index in [2.05, 4.69) is 6.58 Å². The molecule has 3 aliphatic rings. The molecule has 0 N–H and O–H groups in total. The summed E-state index contributed by atoms with van der Waals surface area (Å²) < 4.78 is 52.0. The molecule has 5 nitrogen and oxygen atoms in total. The lowest BCUT2D eigenvalue weighted by molar-refractivity contribution is -0.164. The van der Waals surface area contributed by atoms with Crippen LogP contribution in [0.4, 0.5) is 13.2 Å². The second-order valence-electron chi connectivity index (χ2n) is 4.73. The molecule has 0 aliphatic carbocycles. The van der Waals surface area contributed by atoms with Crippen LogP contribution in [0.5, 0.6) is 0 Å². The second kappa shape index (κ2) is 3.72. The van der Waals surface area contributed by atoms with Crippen molar-refractivity contribution >= 4 is 11.9 Å². The van der Waals surface area contributed by atoms with Gasteiger partial charge in [0.05, 0.1) is 12.0 Å². The average molecular weight is 278 g/mol. The minimum Gasteiger partial charge on any atom is -0.455 e. The van der Waals surface area contributed by atoms with E-state index in [1.54, 1.807) is 0 Å². The number of carbonyl (C=O) groups is 2. The summed E-state index contributed by atoms with van der Waals surface area (Å²) in [6, 6.07) is 0. The number of esters is 2. The lowest BCUT2D eigenvalue weighted by atomic mass is 9.88. The Morgan fingerprint density at radius 1 is 1.37 bits per heavy atom. The van der Waals surface area contributed by atoms with E-state index in [0.717, 1.165) is 0 Å². The highest BCUT2D eigenvalue weighted by molar-refractivity contribution is 5.89. The molecular formula is C11H9F3O5. The van der Waals surface area contributed by atoms with Crippen LogP contribution in [0.15, 0.2) is 12.2 Å². The Morgan fingerprint density at radius 3 is 2.68 bits per heavy atom. The van der Waals surface area contributed by atoms with Crippen molar-refractivity contribution in [2.75, 3.05) is 0 Å². The predicted octanol–water partition coefficient (Wildman–Crippen LogP) is 0.729. The molecule has 0 radical (unpaired) electrons. The van der Waals surface area contributed by atoms with Gasteiger partial charge >= 0.3 is 18.1 Å². The van der Waals surface area contributed by atoms with Crippen molar-refractivity contribution in [1.82, 2.24) is 0 Å². The van der Waals surface area contributed by atoms with Gasteiger partial charge in [0.1, 0.15) is 11.7 Å². The van der Waals surface area contributed by atoms with Crippen molar-refractivity contribution < 1.29 is 37.0 Å². The highest BCUT2D eigenvalue weighted by Crippen LogP contribution is 2.47. The lowest BCUT2D eigenvalue weighted by Gasteiger charge is -2.23. The van der Waals surface area contributed by atoms with Gasteiger partial charge in [-0.1, -0.05) is 6.58 Å². The minimum absolute atomic E-state index is 0.302. The van der Waals surface area contributed by atoms with Gasteiger partial charge < -0.3 is 14.2 Å². The summed E-state index contributed by atoms with van der Waals surface area (Å²) in [6.07, 6.45) is -7.44. The summed E-state index contributed by atoms with van der Waals surface area (Å²) in [5.74, 6) is -2.41. The third-order valence-corrected chi connectivity index (χ3v) is 3.62. The zero-order valence-electron chi connectivity index (χ0n) is 9.48. The summed E-state index contributed by atoms with van der Waals surface area (Å²) in [5, 5.41) is 0. The molecule has 0 aromatic heterocycles. The first-order valence-electron chi connectivity index (χ1n) is 5.62. The fourth-order valence-corrected chi connectivity index (χ4v) is 2.69. The van der Waals surface area contributed by atoms with Crippen LogP contribution in [0.1, 0.15) is 6.42 Å². The first kappa shape index (κ1) is 12.5. The zero-order chi connectivity index (χ0) is 13.9. The van der Waals surface area contributed by atoms with Crippen LogP contribution in [0.3, 0.4) is 0 Å². The van der Waals surface area contributed by atoms with E-state index in [1.165, 1.54) is 0 Å². The molecule has 0 saturated carbocycles. The molecule has 0 aromatic rings. The molecule has 0 amide bonds. The van der Waals surface area contributed by atoms with E-state index in [-0.39, 0.29) is 0 Å². The number of carbonyl (C=O) groups excluding carboxylic acids is 2. The van der Waals surface area contributed by atoms with E-state index in [9.17, 15) is 22.8 Å². The van der Waals surface area contributed by atoms with Gasteiger partial charge in [0.15, 0.2) is 12.2 Å². The van der Waals surface area contributed by atoms with Gasteiger partial charge in [-0.25, -0.2) is 4.79 Å². The van der Waals surface area contributed by atoms with Gasteiger partial charge in [0.2, 0.25) is 0 Å². The molecule has 5 unspecified atom stereocenters. The summed E-state index contributed by atoms with van der Waals surface area (Å²) in [5.41, 5.74) is -1.59. The van der Waals surface area contributed by atoms with Gasteiger partial charge in [-0.15, -0.1) is 0 Å². The highest BCUT2D eigenvalue weighted by atomic mass is 19.4. The maximum atomic E-state index is 12.3. The van der Waals surface area contributed by atoms with Crippen LogP contribution in [0, 0.1) is 5.92 Å². The molecule has 5 atom stereocenters. The topological polar surface area (TPSA) is 61.8 Å². The third kappa shape index (κ3) is 1.73. The number of hydrogen-bond acceptors (Lipinski definition) is 5. The molecule has 3 aliphatic heterocycles. The smallest absolute Gasteiger partial charge is 0.422 e. The molecule has 2 bridgehead atoms. The Bertz CT molecular complexity index is 471. The molecule has 0 aromatic carbocycles. The van der Waals surface area contributed by atoms with E-state index in [1.807, 2.05) is 0 Å². The molecule has 19 heavy (non-hydrogen) atoms. The zero-order valence-corrected chi connectivity index (χ0v) is 9.48. The lowest BCUT2D eigenvalue weighted by Crippen LogP contribution is -2.41. The summed E-state index contributed by atoms with van der Waals surface area (Å²) in [7, 11) is 0. The standard InChI is InChI=1S/C11H9F3O5/c1-3(11(12,13)14)9(15)18-7-5-2-4-6(17-5)8(7)19-10(4)16/h4-8H,1-2H2. The predicted molar refractivity (Wildman–Crippen MR) is 51.7 cm³/mol. The van der Waals surface area contributed by atoms with Crippen LogP contribution in [-0.2, 0) is 23.8 Å². The van der Waals surface area contributed by atoms with E-state index in [0.29, 0.717) is 6.42 Å². The fourth-order valence-electron chi connectivity index (χ4n) is 2.69. The molecule has 3 rings (SSSR count). The summed E-state index contributed by atoms with van der Waals surface area (Å²) in [4.78, 5) is 22.7. The second-order valence-corrected chi connectivity index (χ2v) is 4.73. The number of alkyl halides is 3. The van der Waals surface area contributed by atoms with Crippen molar-refractivity contribution in [3.05, 3.63) is 12.2 Å². The SMILES string of the molecule is C=C(C(=O)OC1C2CC3C(=O)OC1C3O2)C(F)(F)F. The highest BCUT2D eigenvalue weighted by Gasteiger charge is 2.65. The first-order valence-corrected chi connectivity index (χ1v) is 5.62. The van der Waals surface area contributed by atoms with Gasteiger partial charge in [0.25, 0.3) is 0 Å². The Kier molecular flexibility index (Phi) is 2.44. The Labute approximate surface area is 105 Å². The Morgan fingerprint density at radius 2 is 2.05 bits per heavy atom. The van der Waals surface area contributed by atoms with Gasteiger partial charge in [-0.2, -0.15) is 13.2 Å². The average Bonchev–Trinajstić information content (AvgIpc) is 2.91. The number of rotatable bonds is 2. The van der Waals surface area contributed by atoms with Crippen molar-refractivity contribution in [3.8, 4) is 0 Å². The molecule has 8 heteroatoms. The molecule has 3 saturated heterocycles. The fraction of sp³-hybridized carbons (Fsp3) is 0.636. The molecular weight excluding hydrogens is 269 g/mol. The number of halogens is 3. The molecule has 3 heterocycles.